The summed E-state index contributed by atoms with van der Waals surface area (Å²) >= 11 is 7.07. The van der Waals surface area contributed by atoms with Gasteiger partial charge in [0.2, 0.25) is 9.84 Å². The number of nitriles is 1. The van der Waals surface area contributed by atoms with E-state index in [1.807, 2.05) is 60.7 Å². The van der Waals surface area contributed by atoms with Crippen LogP contribution in [0, 0.1) is 21.4 Å². The molecule has 11 heteroatoms. The molecule has 0 radical (unpaired) electrons. The zero-order chi connectivity index (χ0) is 27.2. The molecule has 4 rings (SSSR count). The molecular weight excluding hydrogens is 541 g/mol. The Morgan fingerprint density at radius 3 is 2.18 bits per heavy atom. The third-order valence-corrected chi connectivity index (χ3v) is 10.1. The van der Waals surface area contributed by atoms with Crippen molar-refractivity contribution < 1.29 is 13.3 Å². The number of sulfone groups is 1. The summed E-state index contributed by atoms with van der Waals surface area (Å²) in [6, 6.07) is 26.7. The fourth-order valence-corrected chi connectivity index (χ4v) is 7.82. The van der Waals surface area contributed by atoms with E-state index >= 15 is 0 Å². The summed E-state index contributed by atoms with van der Waals surface area (Å²) in [5, 5.41) is 23.5. The first-order chi connectivity index (χ1) is 18.3. The summed E-state index contributed by atoms with van der Waals surface area (Å²) in [4.78, 5) is 12.1. The molecule has 38 heavy (non-hydrogen) atoms. The van der Waals surface area contributed by atoms with E-state index in [9.17, 15) is 23.8 Å². The van der Waals surface area contributed by atoms with Crippen LogP contribution in [0.5, 0.6) is 0 Å². The smallest absolute Gasteiger partial charge is 0.269 e. The Kier molecular flexibility index (Phi) is 8.79. The van der Waals surface area contributed by atoms with Crippen molar-refractivity contribution in [3.05, 3.63) is 106 Å². The summed E-state index contributed by atoms with van der Waals surface area (Å²) in [7, 11) is -3.86. The quantitative estimate of drug-likeness (QED) is 0.239. The third-order valence-electron chi connectivity index (χ3n) is 6.59. The molecule has 1 saturated heterocycles. The zero-order valence-corrected chi connectivity index (χ0v) is 22.8. The van der Waals surface area contributed by atoms with Gasteiger partial charge in [-0.15, -0.1) is 0 Å². The molecule has 0 amide bonds. The standard InChI is InChI=1S/C27H26N4O4S3/c28-20-27(21-7-3-1-4-8-21,22-9-5-2-6-10-22)15-18-37-26(36)30-17-16-29-19-25(30)38(34,35)24-13-11-23(12-14-24)31(32)33/h1-14,25,29H,15-19H2. The number of non-ortho nitro benzene ring substituents is 1. The maximum Gasteiger partial charge on any atom is 0.269 e. The van der Waals surface area contributed by atoms with Crippen molar-refractivity contribution in [3.8, 4) is 6.07 Å². The van der Waals surface area contributed by atoms with Crippen LogP contribution in [0.3, 0.4) is 0 Å². The van der Waals surface area contributed by atoms with Crippen LogP contribution < -0.4 is 5.32 Å². The maximum absolute atomic E-state index is 13.5. The number of nitrogens with one attached hydrogen (secondary N) is 1. The number of benzene rings is 3. The SMILES string of the molecule is N#CC(CCSC(=S)N1CCNCC1S(=O)(=O)c1ccc([N+](=O)[O-])cc1)(c1ccccc1)c1ccccc1. The predicted molar refractivity (Wildman–Crippen MR) is 153 cm³/mol. The number of piperazine rings is 1. The molecule has 196 valence electrons. The van der Waals surface area contributed by atoms with E-state index in [4.69, 9.17) is 12.2 Å². The molecule has 3 aromatic rings. The molecule has 1 N–H and O–H groups in total. The molecule has 0 saturated carbocycles. The monoisotopic (exact) mass is 566 g/mol. The minimum atomic E-state index is -3.86. The first kappa shape index (κ1) is 27.7. The Morgan fingerprint density at radius 1 is 1.08 bits per heavy atom. The summed E-state index contributed by atoms with van der Waals surface area (Å²) in [5.74, 6) is 0.504. The molecule has 0 aliphatic carbocycles. The van der Waals surface area contributed by atoms with Gasteiger partial charge < -0.3 is 10.2 Å². The van der Waals surface area contributed by atoms with E-state index in [0.717, 1.165) is 11.1 Å². The van der Waals surface area contributed by atoms with Gasteiger partial charge in [-0.25, -0.2) is 8.42 Å². The molecule has 3 aromatic carbocycles. The van der Waals surface area contributed by atoms with Crippen molar-refractivity contribution in [2.24, 2.45) is 0 Å². The number of hydrogen-bond acceptors (Lipinski definition) is 8. The highest BCUT2D eigenvalue weighted by atomic mass is 32.2. The Labute approximate surface area is 231 Å². The van der Waals surface area contributed by atoms with Crippen LogP contribution >= 0.6 is 24.0 Å². The molecule has 1 fully saturated rings. The molecular formula is C27H26N4O4S3. The van der Waals surface area contributed by atoms with Gasteiger partial charge in [-0.3, -0.25) is 10.1 Å². The van der Waals surface area contributed by atoms with Crippen LogP contribution in [0.4, 0.5) is 5.69 Å². The van der Waals surface area contributed by atoms with Gasteiger partial charge in [0.25, 0.3) is 5.69 Å². The van der Waals surface area contributed by atoms with Crippen molar-refractivity contribution in [2.45, 2.75) is 22.1 Å². The van der Waals surface area contributed by atoms with Gasteiger partial charge >= 0.3 is 0 Å². The lowest BCUT2D eigenvalue weighted by molar-refractivity contribution is -0.384. The fourth-order valence-electron chi connectivity index (χ4n) is 4.54. The van der Waals surface area contributed by atoms with Crippen molar-refractivity contribution >= 4 is 43.8 Å². The maximum atomic E-state index is 13.5. The Balaban J connectivity index is 1.52. The Bertz CT molecular complexity index is 1390. The van der Waals surface area contributed by atoms with E-state index in [-0.39, 0.29) is 17.1 Å². The lowest BCUT2D eigenvalue weighted by Gasteiger charge is -2.37. The zero-order valence-electron chi connectivity index (χ0n) is 20.4. The number of thiocarbonyl (C=S) groups is 1. The van der Waals surface area contributed by atoms with Crippen LogP contribution in [0.2, 0.25) is 0 Å². The van der Waals surface area contributed by atoms with E-state index < -0.39 is 25.5 Å². The van der Waals surface area contributed by atoms with Gasteiger partial charge in [0.15, 0.2) is 0 Å². The molecule has 8 nitrogen and oxygen atoms in total. The van der Waals surface area contributed by atoms with Gasteiger partial charge in [-0.1, -0.05) is 84.6 Å². The molecule has 1 aliphatic heterocycles. The van der Waals surface area contributed by atoms with Gasteiger partial charge in [-0.05, 0) is 29.7 Å². The van der Waals surface area contributed by atoms with Gasteiger partial charge in [0.1, 0.15) is 15.1 Å². The topological polar surface area (TPSA) is 116 Å². The number of rotatable bonds is 8. The van der Waals surface area contributed by atoms with Crippen LogP contribution in [-0.4, -0.2) is 53.3 Å². The highest BCUT2D eigenvalue weighted by Gasteiger charge is 2.38. The summed E-state index contributed by atoms with van der Waals surface area (Å²) in [6.45, 7) is 1.16. The van der Waals surface area contributed by atoms with E-state index in [0.29, 0.717) is 29.6 Å². The van der Waals surface area contributed by atoms with E-state index in [1.165, 1.54) is 36.0 Å². The summed E-state index contributed by atoms with van der Waals surface area (Å²) in [6.07, 6.45) is 0.480. The van der Waals surface area contributed by atoms with Crippen molar-refractivity contribution in [3.63, 3.8) is 0 Å². The fraction of sp³-hybridized carbons (Fsp3) is 0.259. The number of hydrogen-bond donors (Lipinski definition) is 1. The van der Waals surface area contributed by atoms with Crippen molar-refractivity contribution in [1.82, 2.24) is 10.2 Å². The largest absolute Gasteiger partial charge is 0.338 e. The minimum Gasteiger partial charge on any atom is -0.338 e. The summed E-state index contributed by atoms with van der Waals surface area (Å²) in [5.41, 5.74) is 0.729. The second kappa shape index (κ2) is 12.0. The normalized spacial score (nSPS) is 16.0. The average molecular weight is 567 g/mol. The molecule has 0 spiro atoms. The minimum absolute atomic E-state index is 0.00579. The average Bonchev–Trinajstić information content (AvgIpc) is 2.96. The van der Waals surface area contributed by atoms with Crippen LogP contribution in [0.1, 0.15) is 17.5 Å². The van der Waals surface area contributed by atoms with Crippen molar-refractivity contribution in [2.75, 3.05) is 25.4 Å². The van der Waals surface area contributed by atoms with Gasteiger partial charge in [0, 0.05) is 37.5 Å². The summed E-state index contributed by atoms with van der Waals surface area (Å²) < 4.78 is 27.4. The number of nitro groups is 1. The third kappa shape index (κ3) is 5.73. The first-order valence-corrected chi connectivity index (χ1v) is 14.9. The van der Waals surface area contributed by atoms with Gasteiger partial charge in [0.05, 0.1) is 15.9 Å². The molecule has 1 unspecified atom stereocenters. The lowest BCUT2D eigenvalue weighted by atomic mass is 9.74. The van der Waals surface area contributed by atoms with E-state index in [1.54, 1.807) is 4.90 Å². The highest BCUT2D eigenvalue weighted by Crippen LogP contribution is 2.37. The second-order valence-electron chi connectivity index (χ2n) is 8.76. The Hall–Kier alpha value is -3.30. The Morgan fingerprint density at radius 2 is 1.66 bits per heavy atom. The molecule has 0 bridgehead atoms. The lowest BCUT2D eigenvalue weighted by Crippen LogP contribution is -2.55. The molecule has 0 aromatic heterocycles. The number of thioether (sulfide) groups is 1. The predicted octanol–water partition coefficient (Wildman–Crippen LogP) is 4.52. The molecule has 1 atom stereocenters. The molecule has 1 heterocycles. The number of nitro benzene ring substituents is 1. The highest BCUT2D eigenvalue weighted by molar-refractivity contribution is 8.22. The van der Waals surface area contributed by atoms with Crippen LogP contribution in [0.25, 0.3) is 0 Å². The van der Waals surface area contributed by atoms with Crippen LogP contribution in [-0.2, 0) is 15.3 Å². The number of nitrogens with zero attached hydrogens (tertiary/aromatic N) is 3. The molecule has 1 aliphatic rings. The first-order valence-electron chi connectivity index (χ1n) is 11.9. The second-order valence-corrected chi connectivity index (χ2v) is 12.6. The van der Waals surface area contributed by atoms with E-state index in [2.05, 4.69) is 11.4 Å². The van der Waals surface area contributed by atoms with Crippen molar-refractivity contribution in [1.29, 1.82) is 5.26 Å². The van der Waals surface area contributed by atoms with Gasteiger partial charge in [-0.2, -0.15) is 5.26 Å². The van der Waals surface area contributed by atoms with Crippen LogP contribution in [0.15, 0.2) is 89.8 Å².